The second-order valence-electron chi connectivity index (χ2n) is 5.64. The Bertz CT molecular complexity index is 1070. The fraction of sp³-hybridized carbons (Fsp3) is 0.167. The Kier molecular flexibility index (Phi) is 4.62. The number of nitrogens with zero attached hydrogens (tertiary/aromatic N) is 4. The molecule has 26 heavy (non-hydrogen) atoms. The van der Waals surface area contributed by atoms with Crippen LogP contribution in [0.2, 0.25) is 0 Å². The molecule has 0 unspecified atom stereocenters. The predicted molar refractivity (Wildman–Crippen MR) is 95.2 cm³/mol. The van der Waals surface area contributed by atoms with E-state index in [0.717, 1.165) is 0 Å². The highest BCUT2D eigenvalue weighted by atomic mass is 16.1. The van der Waals surface area contributed by atoms with Gasteiger partial charge in [0.1, 0.15) is 5.82 Å². The maximum atomic E-state index is 12.5. The first-order chi connectivity index (χ1) is 12.5. The summed E-state index contributed by atoms with van der Waals surface area (Å²) in [5.41, 5.74) is 1.72. The van der Waals surface area contributed by atoms with Crippen molar-refractivity contribution >= 4 is 11.7 Å². The molecular weight excluding hydrogens is 332 g/mol. The van der Waals surface area contributed by atoms with E-state index in [1.165, 1.54) is 16.8 Å². The third-order valence-electron chi connectivity index (χ3n) is 3.67. The van der Waals surface area contributed by atoms with E-state index >= 15 is 0 Å². The van der Waals surface area contributed by atoms with Crippen LogP contribution in [0.5, 0.6) is 0 Å². The van der Waals surface area contributed by atoms with E-state index in [1.54, 1.807) is 31.2 Å². The SMILES string of the molecule is CCc1cc(=O)[nH]c(-n2nc(C)cc2NC(=O)c2cccc(C#N)c2)n1. The number of aromatic nitrogens is 4. The summed E-state index contributed by atoms with van der Waals surface area (Å²) in [5, 5.41) is 16.0. The number of hydrogen-bond donors (Lipinski definition) is 2. The number of carbonyl (C=O) groups excluding carboxylic acids is 1. The fourth-order valence-corrected chi connectivity index (χ4v) is 2.44. The number of hydrogen-bond acceptors (Lipinski definition) is 5. The minimum Gasteiger partial charge on any atom is -0.306 e. The quantitative estimate of drug-likeness (QED) is 0.747. The lowest BCUT2D eigenvalue weighted by Gasteiger charge is -2.09. The maximum Gasteiger partial charge on any atom is 0.256 e. The van der Waals surface area contributed by atoms with E-state index < -0.39 is 5.91 Å². The lowest BCUT2D eigenvalue weighted by Crippen LogP contribution is -2.19. The molecule has 130 valence electrons. The van der Waals surface area contributed by atoms with Crippen molar-refractivity contribution in [3.8, 4) is 12.0 Å². The number of carbonyl (C=O) groups is 1. The van der Waals surface area contributed by atoms with Gasteiger partial charge in [-0.2, -0.15) is 15.0 Å². The summed E-state index contributed by atoms with van der Waals surface area (Å²) in [4.78, 5) is 31.3. The molecule has 8 heteroatoms. The van der Waals surface area contributed by atoms with E-state index in [1.807, 2.05) is 13.0 Å². The summed E-state index contributed by atoms with van der Waals surface area (Å²) in [6.07, 6.45) is 0.597. The first kappa shape index (κ1) is 17.1. The van der Waals surface area contributed by atoms with Gasteiger partial charge in [-0.1, -0.05) is 13.0 Å². The predicted octanol–water partition coefficient (Wildman–Crippen LogP) is 1.95. The molecule has 3 rings (SSSR count). The van der Waals surface area contributed by atoms with Gasteiger partial charge in [0.25, 0.3) is 11.5 Å². The fourth-order valence-electron chi connectivity index (χ4n) is 2.44. The van der Waals surface area contributed by atoms with Gasteiger partial charge >= 0.3 is 0 Å². The van der Waals surface area contributed by atoms with Gasteiger partial charge in [0.2, 0.25) is 5.95 Å². The lowest BCUT2D eigenvalue weighted by molar-refractivity contribution is 0.102. The van der Waals surface area contributed by atoms with Gasteiger partial charge in [0, 0.05) is 23.4 Å². The van der Waals surface area contributed by atoms with Crippen molar-refractivity contribution in [2.45, 2.75) is 20.3 Å². The molecule has 0 spiro atoms. The number of aryl methyl sites for hydroxylation is 2. The van der Waals surface area contributed by atoms with Crippen LogP contribution in [0.3, 0.4) is 0 Å². The van der Waals surface area contributed by atoms with Gasteiger partial charge < -0.3 is 5.32 Å². The molecule has 2 N–H and O–H groups in total. The highest BCUT2D eigenvalue weighted by molar-refractivity contribution is 6.04. The average molecular weight is 348 g/mol. The molecule has 0 saturated heterocycles. The van der Waals surface area contributed by atoms with Crippen molar-refractivity contribution in [3.05, 3.63) is 69.3 Å². The van der Waals surface area contributed by atoms with Gasteiger partial charge in [-0.15, -0.1) is 0 Å². The first-order valence-electron chi connectivity index (χ1n) is 7.99. The molecule has 3 aromatic rings. The molecule has 0 bridgehead atoms. The van der Waals surface area contributed by atoms with Gasteiger partial charge in [-0.25, -0.2) is 4.98 Å². The normalized spacial score (nSPS) is 10.3. The molecule has 0 aliphatic carbocycles. The molecule has 0 radical (unpaired) electrons. The third-order valence-corrected chi connectivity index (χ3v) is 3.67. The van der Waals surface area contributed by atoms with Crippen LogP contribution >= 0.6 is 0 Å². The van der Waals surface area contributed by atoms with Crippen molar-refractivity contribution in [1.29, 1.82) is 5.26 Å². The van der Waals surface area contributed by atoms with Crippen LogP contribution in [0, 0.1) is 18.3 Å². The number of rotatable bonds is 4. The first-order valence-corrected chi connectivity index (χ1v) is 7.99. The average Bonchev–Trinajstić information content (AvgIpc) is 3.01. The van der Waals surface area contributed by atoms with Crippen LogP contribution in [0.25, 0.3) is 5.95 Å². The van der Waals surface area contributed by atoms with Crippen molar-refractivity contribution < 1.29 is 4.79 Å². The van der Waals surface area contributed by atoms with Crippen LogP contribution in [-0.4, -0.2) is 25.7 Å². The molecular formula is C18H16N6O2. The molecule has 0 aliphatic rings. The number of benzene rings is 1. The Morgan fingerprint density at radius 1 is 1.35 bits per heavy atom. The zero-order valence-corrected chi connectivity index (χ0v) is 14.3. The number of aromatic amines is 1. The largest absolute Gasteiger partial charge is 0.306 e. The lowest BCUT2D eigenvalue weighted by atomic mass is 10.1. The van der Waals surface area contributed by atoms with Crippen LogP contribution in [-0.2, 0) is 6.42 Å². The monoisotopic (exact) mass is 348 g/mol. The van der Waals surface area contributed by atoms with Gasteiger partial charge in [0.05, 0.1) is 17.3 Å². The number of anilines is 1. The van der Waals surface area contributed by atoms with E-state index in [9.17, 15) is 9.59 Å². The Hall–Kier alpha value is -3.73. The Labute approximate surface area is 149 Å². The molecule has 0 atom stereocenters. The number of nitrogens with one attached hydrogen (secondary N) is 2. The minimum absolute atomic E-state index is 0.225. The van der Waals surface area contributed by atoms with E-state index in [0.29, 0.717) is 34.8 Å². The standard InChI is InChI=1S/C18H16N6O2/c1-3-14-9-16(25)22-18(20-14)24-15(7-11(2)23-24)21-17(26)13-6-4-5-12(8-13)10-19/h4-9H,3H2,1-2H3,(H,21,26)(H,20,22,25). The van der Waals surface area contributed by atoms with Crippen molar-refractivity contribution in [2.24, 2.45) is 0 Å². The summed E-state index contributed by atoms with van der Waals surface area (Å²) in [6, 6.07) is 11.5. The summed E-state index contributed by atoms with van der Waals surface area (Å²) >= 11 is 0. The molecule has 2 heterocycles. The van der Waals surface area contributed by atoms with Crippen LogP contribution in [0.1, 0.15) is 34.2 Å². The van der Waals surface area contributed by atoms with E-state index in [4.69, 9.17) is 5.26 Å². The Morgan fingerprint density at radius 2 is 2.15 bits per heavy atom. The second kappa shape index (κ2) is 7.03. The number of amides is 1. The van der Waals surface area contributed by atoms with Crippen LogP contribution in [0.15, 0.2) is 41.2 Å². The third kappa shape index (κ3) is 3.52. The van der Waals surface area contributed by atoms with Gasteiger partial charge in [-0.05, 0) is 31.5 Å². The highest BCUT2D eigenvalue weighted by Crippen LogP contribution is 2.16. The van der Waals surface area contributed by atoms with Crippen molar-refractivity contribution in [1.82, 2.24) is 19.7 Å². The van der Waals surface area contributed by atoms with Gasteiger partial charge in [-0.3, -0.25) is 14.6 Å². The molecule has 8 nitrogen and oxygen atoms in total. The second-order valence-corrected chi connectivity index (χ2v) is 5.64. The molecule has 0 fully saturated rings. The van der Waals surface area contributed by atoms with Crippen molar-refractivity contribution in [3.63, 3.8) is 0 Å². The number of nitriles is 1. The molecule has 1 aromatic carbocycles. The topological polar surface area (TPSA) is 116 Å². The maximum absolute atomic E-state index is 12.5. The molecule has 0 saturated carbocycles. The Balaban J connectivity index is 1.97. The van der Waals surface area contributed by atoms with Gasteiger partial charge in [0.15, 0.2) is 0 Å². The zero-order valence-electron chi connectivity index (χ0n) is 14.3. The summed E-state index contributed by atoms with van der Waals surface area (Å²) in [5.74, 6) is 0.201. The van der Waals surface area contributed by atoms with Crippen LogP contribution in [0.4, 0.5) is 5.82 Å². The molecule has 1 amide bonds. The van der Waals surface area contributed by atoms with E-state index in [-0.39, 0.29) is 11.5 Å². The highest BCUT2D eigenvalue weighted by Gasteiger charge is 2.14. The Morgan fingerprint density at radius 3 is 2.88 bits per heavy atom. The summed E-state index contributed by atoms with van der Waals surface area (Å²) < 4.78 is 1.38. The number of H-pyrrole nitrogens is 1. The summed E-state index contributed by atoms with van der Waals surface area (Å²) in [7, 11) is 0. The van der Waals surface area contributed by atoms with Crippen LogP contribution < -0.4 is 10.9 Å². The molecule has 0 aliphatic heterocycles. The smallest absolute Gasteiger partial charge is 0.256 e. The van der Waals surface area contributed by atoms with E-state index in [2.05, 4.69) is 20.4 Å². The molecule has 2 aromatic heterocycles. The zero-order chi connectivity index (χ0) is 18.7. The minimum atomic E-state index is -0.391. The summed E-state index contributed by atoms with van der Waals surface area (Å²) in [6.45, 7) is 3.66. The van der Waals surface area contributed by atoms with Crippen molar-refractivity contribution in [2.75, 3.05) is 5.32 Å².